The Morgan fingerprint density at radius 2 is 2.19 bits per heavy atom. The number of piperidine rings is 1. The number of likely N-dealkylation sites (tertiary alicyclic amines) is 1. The first kappa shape index (κ1) is 16.4. The SMILES string of the molecule is CCNCc1cc(CN2CCCC(C(F)(F)F)C2)oc1C. The Hall–Kier alpha value is -1.01. The second-order valence-corrected chi connectivity index (χ2v) is 5.69. The van der Waals surface area contributed by atoms with Crippen molar-refractivity contribution in [2.75, 3.05) is 19.6 Å². The summed E-state index contributed by atoms with van der Waals surface area (Å²) in [6.45, 7) is 6.77. The molecule has 120 valence electrons. The number of furan rings is 1. The van der Waals surface area contributed by atoms with Gasteiger partial charge in [-0.25, -0.2) is 0 Å². The summed E-state index contributed by atoms with van der Waals surface area (Å²) >= 11 is 0. The number of rotatable bonds is 5. The van der Waals surface area contributed by atoms with E-state index in [1.54, 1.807) is 0 Å². The second kappa shape index (κ2) is 6.83. The van der Waals surface area contributed by atoms with E-state index in [9.17, 15) is 13.2 Å². The van der Waals surface area contributed by atoms with Gasteiger partial charge in [-0.3, -0.25) is 4.90 Å². The molecule has 1 unspecified atom stereocenters. The lowest BCUT2D eigenvalue weighted by Crippen LogP contribution is -2.41. The summed E-state index contributed by atoms with van der Waals surface area (Å²) in [5.41, 5.74) is 1.08. The lowest BCUT2D eigenvalue weighted by atomic mass is 9.97. The standard InChI is InChI=1S/C15H23F3N2O/c1-3-19-8-12-7-14(21-11(12)2)10-20-6-4-5-13(9-20)15(16,17)18/h7,13,19H,3-6,8-10H2,1-2H3. The third kappa shape index (κ3) is 4.48. The zero-order chi connectivity index (χ0) is 15.5. The maximum absolute atomic E-state index is 12.8. The monoisotopic (exact) mass is 304 g/mol. The van der Waals surface area contributed by atoms with Crippen LogP contribution in [0.3, 0.4) is 0 Å². The summed E-state index contributed by atoms with van der Waals surface area (Å²) in [4.78, 5) is 1.84. The van der Waals surface area contributed by atoms with Gasteiger partial charge in [-0.1, -0.05) is 6.92 Å². The molecule has 0 bridgehead atoms. The molecule has 21 heavy (non-hydrogen) atoms. The predicted octanol–water partition coefficient (Wildman–Crippen LogP) is 3.47. The van der Waals surface area contributed by atoms with Gasteiger partial charge < -0.3 is 9.73 Å². The van der Waals surface area contributed by atoms with Gasteiger partial charge in [0.2, 0.25) is 0 Å². The third-order valence-corrected chi connectivity index (χ3v) is 3.98. The van der Waals surface area contributed by atoms with Gasteiger partial charge in [-0.15, -0.1) is 0 Å². The molecule has 0 amide bonds. The van der Waals surface area contributed by atoms with Crippen LogP contribution in [0.1, 0.15) is 36.8 Å². The quantitative estimate of drug-likeness (QED) is 0.903. The molecular formula is C15H23F3N2O. The lowest BCUT2D eigenvalue weighted by molar-refractivity contribution is -0.187. The zero-order valence-electron chi connectivity index (χ0n) is 12.6. The second-order valence-electron chi connectivity index (χ2n) is 5.69. The Balaban J connectivity index is 1.95. The van der Waals surface area contributed by atoms with Gasteiger partial charge in [0.05, 0.1) is 12.5 Å². The van der Waals surface area contributed by atoms with Crippen molar-refractivity contribution >= 4 is 0 Å². The summed E-state index contributed by atoms with van der Waals surface area (Å²) in [6.07, 6.45) is -3.26. The largest absolute Gasteiger partial charge is 0.465 e. The molecular weight excluding hydrogens is 281 g/mol. The summed E-state index contributed by atoms with van der Waals surface area (Å²) in [5, 5.41) is 3.23. The van der Waals surface area contributed by atoms with E-state index < -0.39 is 12.1 Å². The minimum absolute atomic E-state index is 0.0752. The maximum Gasteiger partial charge on any atom is 0.393 e. The minimum Gasteiger partial charge on any atom is -0.465 e. The number of nitrogens with one attached hydrogen (secondary N) is 1. The molecule has 1 N–H and O–H groups in total. The van der Waals surface area contributed by atoms with Crippen LogP contribution >= 0.6 is 0 Å². The summed E-state index contributed by atoms with van der Waals surface area (Å²) < 4.78 is 44.1. The smallest absolute Gasteiger partial charge is 0.393 e. The van der Waals surface area contributed by atoms with E-state index in [0.717, 1.165) is 30.2 Å². The summed E-state index contributed by atoms with van der Waals surface area (Å²) in [5.74, 6) is 0.391. The molecule has 1 aromatic heterocycles. The van der Waals surface area contributed by atoms with E-state index in [1.165, 1.54) is 0 Å². The van der Waals surface area contributed by atoms with Crippen molar-refractivity contribution < 1.29 is 17.6 Å². The zero-order valence-corrected chi connectivity index (χ0v) is 12.6. The molecule has 1 aliphatic heterocycles. The van der Waals surface area contributed by atoms with E-state index in [2.05, 4.69) is 5.32 Å². The molecule has 1 aromatic rings. The fourth-order valence-corrected chi connectivity index (χ4v) is 2.79. The maximum atomic E-state index is 12.8. The van der Waals surface area contributed by atoms with Crippen molar-refractivity contribution in [1.29, 1.82) is 0 Å². The molecule has 0 aromatic carbocycles. The van der Waals surface area contributed by atoms with Gasteiger partial charge in [-0.2, -0.15) is 13.2 Å². The molecule has 1 atom stereocenters. The first-order chi connectivity index (χ1) is 9.90. The van der Waals surface area contributed by atoms with Gasteiger partial charge in [-0.05, 0) is 38.9 Å². The highest BCUT2D eigenvalue weighted by atomic mass is 19.4. The third-order valence-electron chi connectivity index (χ3n) is 3.98. The van der Waals surface area contributed by atoms with Crippen LogP contribution in [-0.4, -0.2) is 30.7 Å². The molecule has 3 nitrogen and oxygen atoms in total. The van der Waals surface area contributed by atoms with Crippen molar-refractivity contribution in [3.8, 4) is 0 Å². The van der Waals surface area contributed by atoms with Gasteiger partial charge in [0.1, 0.15) is 11.5 Å². The first-order valence-electron chi connectivity index (χ1n) is 7.48. The molecule has 2 rings (SSSR count). The van der Waals surface area contributed by atoms with E-state index in [4.69, 9.17) is 4.42 Å². The molecule has 2 heterocycles. The number of hydrogen-bond donors (Lipinski definition) is 1. The highest BCUT2D eigenvalue weighted by Crippen LogP contribution is 2.33. The number of alkyl halides is 3. The predicted molar refractivity (Wildman–Crippen MR) is 74.9 cm³/mol. The molecule has 0 saturated carbocycles. The molecule has 1 saturated heterocycles. The van der Waals surface area contributed by atoms with Crippen LogP contribution in [0.5, 0.6) is 0 Å². The average Bonchev–Trinajstić information content (AvgIpc) is 2.76. The molecule has 0 spiro atoms. The fraction of sp³-hybridized carbons (Fsp3) is 0.733. The van der Waals surface area contributed by atoms with Gasteiger partial charge >= 0.3 is 6.18 Å². The van der Waals surface area contributed by atoms with Crippen LogP contribution in [-0.2, 0) is 13.1 Å². The normalized spacial score (nSPS) is 20.9. The Morgan fingerprint density at radius 1 is 1.43 bits per heavy atom. The van der Waals surface area contributed by atoms with Gasteiger partial charge in [0, 0.05) is 18.7 Å². The van der Waals surface area contributed by atoms with Crippen molar-refractivity contribution in [2.45, 2.75) is 46.0 Å². The Bertz CT molecular complexity index is 456. The van der Waals surface area contributed by atoms with Crippen molar-refractivity contribution in [1.82, 2.24) is 10.2 Å². The highest BCUT2D eigenvalue weighted by Gasteiger charge is 2.41. The van der Waals surface area contributed by atoms with E-state index >= 15 is 0 Å². The van der Waals surface area contributed by atoms with Crippen molar-refractivity contribution in [3.63, 3.8) is 0 Å². The van der Waals surface area contributed by atoms with Crippen LogP contribution in [0.2, 0.25) is 0 Å². The van der Waals surface area contributed by atoms with Crippen molar-refractivity contribution in [3.05, 3.63) is 23.2 Å². The lowest BCUT2D eigenvalue weighted by Gasteiger charge is -2.33. The Labute approximate surface area is 123 Å². The van der Waals surface area contributed by atoms with Gasteiger partial charge in [0.15, 0.2) is 0 Å². The number of hydrogen-bond acceptors (Lipinski definition) is 3. The van der Waals surface area contributed by atoms with E-state index in [1.807, 2.05) is 24.8 Å². The van der Waals surface area contributed by atoms with Crippen LogP contribution in [0.15, 0.2) is 10.5 Å². The number of nitrogens with zero attached hydrogens (tertiary/aromatic N) is 1. The first-order valence-corrected chi connectivity index (χ1v) is 7.48. The molecule has 0 aliphatic carbocycles. The molecule has 1 fully saturated rings. The van der Waals surface area contributed by atoms with Crippen molar-refractivity contribution in [2.24, 2.45) is 5.92 Å². The van der Waals surface area contributed by atoms with Gasteiger partial charge in [0.25, 0.3) is 0 Å². The van der Waals surface area contributed by atoms with E-state index in [0.29, 0.717) is 19.5 Å². The van der Waals surface area contributed by atoms with Crippen LogP contribution in [0, 0.1) is 12.8 Å². The number of aryl methyl sites for hydroxylation is 1. The molecule has 1 aliphatic rings. The molecule has 0 radical (unpaired) electrons. The van der Waals surface area contributed by atoms with Crippen LogP contribution in [0.4, 0.5) is 13.2 Å². The topological polar surface area (TPSA) is 28.4 Å². The number of halogens is 3. The minimum atomic E-state index is -4.09. The van der Waals surface area contributed by atoms with Crippen LogP contribution in [0.25, 0.3) is 0 Å². The fourth-order valence-electron chi connectivity index (χ4n) is 2.79. The Kier molecular flexibility index (Phi) is 5.32. The Morgan fingerprint density at radius 3 is 2.86 bits per heavy atom. The molecule has 6 heteroatoms. The average molecular weight is 304 g/mol. The highest BCUT2D eigenvalue weighted by molar-refractivity contribution is 5.20. The summed E-state index contributed by atoms with van der Waals surface area (Å²) in [6, 6.07) is 1.95. The summed E-state index contributed by atoms with van der Waals surface area (Å²) in [7, 11) is 0. The van der Waals surface area contributed by atoms with Crippen LogP contribution < -0.4 is 5.32 Å². The van der Waals surface area contributed by atoms with E-state index in [-0.39, 0.29) is 13.0 Å².